The minimum Gasteiger partial charge on any atom is -0.350 e. The van der Waals surface area contributed by atoms with Gasteiger partial charge < -0.3 is 10.3 Å². The van der Waals surface area contributed by atoms with Gasteiger partial charge in [-0.3, -0.25) is 4.79 Å². The summed E-state index contributed by atoms with van der Waals surface area (Å²) in [5, 5.41) is 11.1. The third kappa shape index (κ3) is 2.48. The number of carbonyl (C=O) groups excluding carboxylic acids is 1. The molecule has 3 rings (SSSR count). The molecule has 0 atom stereocenters. The highest BCUT2D eigenvalue weighted by atomic mass is 79.9. The fraction of sp³-hybridized carbons (Fsp3) is 0. The molecule has 0 unspecified atom stereocenters. The molecule has 19 heavy (non-hydrogen) atoms. The maximum Gasteiger partial charge on any atom is 0.272 e. The van der Waals surface area contributed by atoms with Crippen molar-refractivity contribution in [2.75, 3.05) is 5.32 Å². The summed E-state index contributed by atoms with van der Waals surface area (Å²) in [6.45, 7) is 0. The summed E-state index contributed by atoms with van der Waals surface area (Å²) in [5.41, 5.74) is 2.03. The smallest absolute Gasteiger partial charge is 0.272 e. The number of fused-ring (bicyclic) bond motifs is 1. The average Bonchev–Trinajstić information content (AvgIpc) is 2.83. The molecular formula is C13H9BrN4O. The van der Waals surface area contributed by atoms with Crippen LogP contribution in [-0.4, -0.2) is 21.1 Å². The number of anilines is 1. The zero-order valence-corrected chi connectivity index (χ0v) is 11.3. The molecule has 0 saturated heterocycles. The van der Waals surface area contributed by atoms with Crippen LogP contribution in [-0.2, 0) is 0 Å². The van der Waals surface area contributed by atoms with Gasteiger partial charge in [0, 0.05) is 15.4 Å². The molecule has 6 heteroatoms. The third-order valence-corrected chi connectivity index (χ3v) is 3.16. The van der Waals surface area contributed by atoms with E-state index < -0.39 is 0 Å². The Morgan fingerprint density at radius 1 is 1.21 bits per heavy atom. The average molecular weight is 317 g/mol. The molecule has 3 aromatic rings. The van der Waals surface area contributed by atoms with E-state index in [9.17, 15) is 4.79 Å². The van der Waals surface area contributed by atoms with Crippen LogP contribution in [0, 0.1) is 0 Å². The first-order valence-corrected chi connectivity index (χ1v) is 6.38. The first kappa shape index (κ1) is 11.9. The number of carbonyl (C=O) groups is 1. The van der Waals surface area contributed by atoms with Gasteiger partial charge in [-0.15, -0.1) is 0 Å². The number of hydrogen-bond donors (Lipinski definition) is 2. The molecule has 0 radical (unpaired) electrons. The number of amides is 1. The zero-order chi connectivity index (χ0) is 13.2. The standard InChI is InChI=1S/C13H9BrN4O/c14-9-2-1-8-5-12(18-11(8)6-9)13(19)17-10-3-4-15-16-7-10/h1-7,18H,(H,15,17,19). The summed E-state index contributed by atoms with van der Waals surface area (Å²) < 4.78 is 0.965. The summed E-state index contributed by atoms with van der Waals surface area (Å²) >= 11 is 3.40. The summed E-state index contributed by atoms with van der Waals surface area (Å²) in [6.07, 6.45) is 3.02. The van der Waals surface area contributed by atoms with Crippen molar-refractivity contribution in [2.24, 2.45) is 0 Å². The van der Waals surface area contributed by atoms with Crippen LogP contribution in [0.15, 0.2) is 47.2 Å². The Morgan fingerprint density at radius 3 is 2.89 bits per heavy atom. The van der Waals surface area contributed by atoms with Crippen molar-refractivity contribution in [1.82, 2.24) is 15.2 Å². The van der Waals surface area contributed by atoms with E-state index in [1.165, 1.54) is 12.4 Å². The lowest BCUT2D eigenvalue weighted by atomic mass is 10.2. The van der Waals surface area contributed by atoms with Crippen LogP contribution >= 0.6 is 15.9 Å². The topological polar surface area (TPSA) is 70.7 Å². The van der Waals surface area contributed by atoms with Gasteiger partial charge in [-0.2, -0.15) is 10.2 Å². The number of aromatic amines is 1. The Bertz CT molecular complexity index is 739. The maximum absolute atomic E-state index is 12.1. The van der Waals surface area contributed by atoms with E-state index in [4.69, 9.17) is 0 Å². The van der Waals surface area contributed by atoms with Crippen LogP contribution < -0.4 is 5.32 Å². The molecule has 94 valence electrons. The fourth-order valence-electron chi connectivity index (χ4n) is 1.78. The lowest BCUT2D eigenvalue weighted by Crippen LogP contribution is -2.12. The van der Waals surface area contributed by atoms with Gasteiger partial charge in [0.2, 0.25) is 0 Å². The van der Waals surface area contributed by atoms with Gasteiger partial charge in [-0.1, -0.05) is 22.0 Å². The van der Waals surface area contributed by atoms with Crippen molar-refractivity contribution in [3.8, 4) is 0 Å². The lowest BCUT2D eigenvalue weighted by molar-refractivity contribution is 0.102. The van der Waals surface area contributed by atoms with Gasteiger partial charge in [-0.25, -0.2) is 0 Å². The minimum atomic E-state index is -0.208. The highest BCUT2D eigenvalue weighted by Gasteiger charge is 2.10. The van der Waals surface area contributed by atoms with Gasteiger partial charge in [0.1, 0.15) is 5.69 Å². The highest BCUT2D eigenvalue weighted by Crippen LogP contribution is 2.20. The third-order valence-electron chi connectivity index (χ3n) is 2.67. The van der Waals surface area contributed by atoms with Crippen LogP contribution in [0.1, 0.15) is 10.5 Å². The van der Waals surface area contributed by atoms with E-state index in [0.29, 0.717) is 11.4 Å². The van der Waals surface area contributed by atoms with Crippen molar-refractivity contribution >= 4 is 38.4 Å². The number of nitrogens with zero attached hydrogens (tertiary/aromatic N) is 2. The van der Waals surface area contributed by atoms with Gasteiger partial charge in [0.25, 0.3) is 5.91 Å². The second kappa shape index (κ2) is 4.81. The van der Waals surface area contributed by atoms with Crippen LogP contribution in [0.2, 0.25) is 0 Å². The number of rotatable bonds is 2. The number of benzene rings is 1. The number of halogens is 1. The summed E-state index contributed by atoms with van der Waals surface area (Å²) in [6, 6.07) is 9.31. The van der Waals surface area contributed by atoms with Crippen LogP contribution in [0.3, 0.4) is 0 Å². The van der Waals surface area contributed by atoms with E-state index in [1.54, 1.807) is 6.07 Å². The first-order chi connectivity index (χ1) is 9.22. The summed E-state index contributed by atoms with van der Waals surface area (Å²) in [7, 11) is 0. The molecule has 0 spiro atoms. The SMILES string of the molecule is O=C(Nc1ccnnc1)c1cc2ccc(Br)cc2[nH]1. The molecule has 0 saturated carbocycles. The van der Waals surface area contributed by atoms with E-state index in [2.05, 4.69) is 36.4 Å². The quantitative estimate of drug-likeness (QED) is 0.763. The van der Waals surface area contributed by atoms with E-state index in [1.807, 2.05) is 24.3 Å². The number of nitrogens with one attached hydrogen (secondary N) is 2. The minimum absolute atomic E-state index is 0.208. The maximum atomic E-state index is 12.1. The van der Waals surface area contributed by atoms with Crippen molar-refractivity contribution in [3.05, 3.63) is 52.9 Å². The molecule has 1 aromatic carbocycles. The highest BCUT2D eigenvalue weighted by molar-refractivity contribution is 9.10. The fourth-order valence-corrected chi connectivity index (χ4v) is 2.15. The molecule has 1 amide bonds. The molecule has 5 nitrogen and oxygen atoms in total. The summed E-state index contributed by atoms with van der Waals surface area (Å²) in [4.78, 5) is 15.1. The Morgan fingerprint density at radius 2 is 2.11 bits per heavy atom. The Labute approximate surface area is 117 Å². The number of hydrogen-bond acceptors (Lipinski definition) is 3. The largest absolute Gasteiger partial charge is 0.350 e. The molecular weight excluding hydrogens is 308 g/mol. The Kier molecular flexibility index (Phi) is 3.00. The predicted molar refractivity (Wildman–Crippen MR) is 76.0 cm³/mol. The van der Waals surface area contributed by atoms with Gasteiger partial charge >= 0.3 is 0 Å². The molecule has 0 aliphatic heterocycles. The lowest BCUT2D eigenvalue weighted by Gasteiger charge is -2.01. The normalized spacial score (nSPS) is 10.6. The van der Waals surface area contributed by atoms with Crippen molar-refractivity contribution < 1.29 is 4.79 Å². The Hall–Kier alpha value is -2.21. The monoisotopic (exact) mass is 316 g/mol. The molecule has 2 N–H and O–H groups in total. The van der Waals surface area contributed by atoms with Gasteiger partial charge in [0.05, 0.1) is 18.1 Å². The van der Waals surface area contributed by atoms with E-state index in [0.717, 1.165) is 15.4 Å². The van der Waals surface area contributed by atoms with Crippen LogP contribution in [0.4, 0.5) is 5.69 Å². The van der Waals surface area contributed by atoms with Crippen LogP contribution in [0.25, 0.3) is 10.9 Å². The molecule has 0 aliphatic carbocycles. The number of H-pyrrole nitrogens is 1. The van der Waals surface area contributed by atoms with Crippen LogP contribution in [0.5, 0.6) is 0 Å². The second-order valence-corrected chi connectivity index (χ2v) is 4.92. The van der Waals surface area contributed by atoms with Crippen molar-refractivity contribution in [1.29, 1.82) is 0 Å². The van der Waals surface area contributed by atoms with Gasteiger partial charge in [-0.05, 0) is 24.3 Å². The van der Waals surface area contributed by atoms with E-state index >= 15 is 0 Å². The van der Waals surface area contributed by atoms with Crippen molar-refractivity contribution in [3.63, 3.8) is 0 Å². The summed E-state index contributed by atoms with van der Waals surface area (Å²) in [5.74, 6) is -0.208. The van der Waals surface area contributed by atoms with E-state index in [-0.39, 0.29) is 5.91 Å². The molecule has 2 aromatic heterocycles. The second-order valence-electron chi connectivity index (χ2n) is 4.00. The predicted octanol–water partition coefficient (Wildman–Crippen LogP) is 2.97. The molecule has 2 heterocycles. The zero-order valence-electron chi connectivity index (χ0n) is 9.72. The number of aromatic nitrogens is 3. The molecule has 0 bridgehead atoms. The molecule has 0 fully saturated rings. The molecule has 0 aliphatic rings. The van der Waals surface area contributed by atoms with Gasteiger partial charge in [0.15, 0.2) is 0 Å². The Balaban J connectivity index is 1.89. The van der Waals surface area contributed by atoms with Crippen molar-refractivity contribution in [2.45, 2.75) is 0 Å². The first-order valence-electron chi connectivity index (χ1n) is 5.59.